The van der Waals surface area contributed by atoms with E-state index in [-0.39, 0.29) is 35.6 Å². The molecule has 1 unspecified atom stereocenters. The van der Waals surface area contributed by atoms with Crippen molar-refractivity contribution in [3.63, 3.8) is 0 Å². The molecule has 2 aromatic rings. The molecule has 26 heavy (non-hydrogen) atoms. The van der Waals surface area contributed by atoms with Gasteiger partial charge in [-0.15, -0.1) is 0 Å². The molecular formula is C19H20F2N2O3. The molecule has 2 heterocycles. The maximum absolute atomic E-state index is 13.8. The first-order chi connectivity index (χ1) is 12.5. The molecule has 0 N–H and O–H groups in total. The van der Waals surface area contributed by atoms with Crippen LogP contribution in [0.3, 0.4) is 0 Å². The Kier molecular flexibility index (Phi) is 5.35. The third-order valence-electron chi connectivity index (χ3n) is 4.59. The fraction of sp³-hybridized carbons (Fsp3) is 0.368. The number of rotatable bonds is 4. The van der Waals surface area contributed by atoms with Gasteiger partial charge in [0, 0.05) is 38.3 Å². The first kappa shape index (κ1) is 18.1. The summed E-state index contributed by atoms with van der Waals surface area (Å²) in [5.74, 6) is -1.83. The molecule has 1 saturated heterocycles. The number of amides is 2. The lowest BCUT2D eigenvalue weighted by Crippen LogP contribution is -2.45. The zero-order valence-electron chi connectivity index (χ0n) is 14.5. The Bertz CT molecular complexity index is 792. The number of nitrogens with zero attached hydrogens (tertiary/aromatic N) is 2. The summed E-state index contributed by atoms with van der Waals surface area (Å²) in [6, 6.07) is 6.54. The fourth-order valence-electron chi connectivity index (χ4n) is 3.21. The van der Waals surface area contributed by atoms with Crippen LogP contribution < -0.4 is 0 Å². The first-order valence-electron chi connectivity index (χ1n) is 8.47. The minimum absolute atomic E-state index is 0.0492. The van der Waals surface area contributed by atoms with Crippen LogP contribution in [0.15, 0.2) is 41.0 Å². The summed E-state index contributed by atoms with van der Waals surface area (Å²) < 4.78 is 31.9. The minimum Gasteiger partial charge on any atom is -0.459 e. The predicted molar refractivity (Wildman–Crippen MR) is 90.2 cm³/mol. The van der Waals surface area contributed by atoms with Gasteiger partial charge < -0.3 is 14.2 Å². The van der Waals surface area contributed by atoms with Gasteiger partial charge in [-0.05, 0) is 31.0 Å². The van der Waals surface area contributed by atoms with Gasteiger partial charge in [0.05, 0.1) is 12.2 Å². The number of furan rings is 1. The molecule has 1 aromatic heterocycles. The van der Waals surface area contributed by atoms with Crippen LogP contribution in [0.1, 0.15) is 29.0 Å². The van der Waals surface area contributed by atoms with E-state index < -0.39 is 11.6 Å². The van der Waals surface area contributed by atoms with E-state index in [1.54, 1.807) is 24.1 Å². The summed E-state index contributed by atoms with van der Waals surface area (Å²) in [5.41, 5.74) is 0.251. The molecule has 1 fully saturated rings. The molecule has 0 spiro atoms. The molecule has 7 heteroatoms. The quantitative estimate of drug-likeness (QED) is 0.840. The van der Waals surface area contributed by atoms with Crippen LogP contribution in [0.25, 0.3) is 0 Å². The lowest BCUT2D eigenvalue weighted by molar-refractivity contribution is -0.136. The SMILES string of the molecule is CN(Cc1ccc(F)cc1F)C(=O)C1CCCN(C(=O)c2ccco2)C1. The van der Waals surface area contributed by atoms with Crippen LogP contribution in [0.5, 0.6) is 0 Å². The van der Waals surface area contributed by atoms with Gasteiger partial charge in [0.25, 0.3) is 5.91 Å². The summed E-state index contributed by atoms with van der Waals surface area (Å²) in [5, 5.41) is 0. The highest BCUT2D eigenvalue weighted by molar-refractivity contribution is 5.92. The third-order valence-corrected chi connectivity index (χ3v) is 4.59. The van der Waals surface area contributed by atoms with Crippen LogP contribution in [0, 0.1) is 17.6 Å². The van der Waals surface area contributed by atoms with Crippen molar-refractivity contribution < 1.29 is 22.8 Å². The highest BCUT2D eigenvalue weighted by Gasteiger charge is 2.31. The Hall–Kier alpha value is -2.70. The molecule has 0 radical (unpaired) electrons. The Morgan fingerprint density at radius 3 is 2.81 bits per heavy atom. The van der Waals surface area contributed by atoms with E-state index in [1.165, 1.54) is 23.3 Å². The van der Waals surface area contributed by atoms with Crippen molar-refractivity contribution in [1.82, 2.24) is 9.80 Å². The fourth-order valence-corrected chi connectivity index (χ4v) is 3.21. The molecule has 2 amide bonds. The average molecular weight is 362 g/mol. The Morgan fingerprint density at radius 1 is 1.31 bits per heavy atom. The van der Waals surface area contributed by atoms with Crippen molar-refractivity contribution in [2.24, 2.45) is 5.92 Å². The summed E-state index contributed by atoms with van der Waals surface area (Å²) >= 11 is 0. The van der Waals surface area contributed by atoms with E-state index in [4.69, 9.17) is 4.42 Å². The molecule has 1 aliphatic rings. The van der Waals surface area contributed by atoms with E-state index in [9.17, 15) is 18.4 Å². The molecule has 1 atom stereocenters. The largest absolute Gasteiger partial charge is 0.459 e. The lowest BCUT2D eigenvalue weighted by atomic mass is 9.96. The molecule has 1 aliphatic heterocycles. The number of carbonyl (C=O) groups is 2. The summed E-state index contributed by atoms with van der Waals surface area (Å²) in [4.78, 5) is 28.1. The lowest BCUT2D eigenvalue weighted by Gasteiger charge is -2.33. The standard InChI is InChI=1S/C19H20F2N2O3/c1-22(11-13-6-7-15(20)10-16(13)21)18(24)14-4-2-8-23(12-14)19(25)17-5-3-9-26-17/h3,5-7,9-10,14H,2,4,8,11-12H2,1H3. The summed E-state index contributed by atoms with van der Waals surface area (Å²) in [7, 11) is 1.58. The predicted octanol–water partition coefficient (Wildman–Crippen LogP) is 3.07. The van der Waals surface area contributed by atoms with Gasteiger partial charge >= 0.3 is 0 Å². The van der Waals surface area contributed by atoms with Gasteiger partial charge in [0.15, 0.2) is 5.76 Å². The average Bonchev–Trinajstić information content (AvgIpc) is 3.17. The number of halogens is 2. The van der Waals surface area contributed by atoms with Gasteiger partial charge in [-0.1, -0.05) is 6.07 Å². The van der Waals surface area contributed by atoms with Gasteiger partial charge in [-0.2, -0.15) is 0 Å². The van der Waals surface area contributed by atoms with Crippen LogP contribution in [-0.2, 0) is 11.3 Å². The van der Waals surface area contributed by atoms with E-state index in [0.29, 0.717) is 25.9 Å². The third kappa shape index (κ3) is 3.92. The van der Waals surface area contributed by atoms with Gasteiger partial charge in [-0.25, -0.2) is 8.78 Å². The molecule has 0 saturated carbocycles. The number of likely N-dealkylation sites (tertiary alicyclic amines) is 1. The van der Waals surface area contributed by atoms with Crippen molar-refractivity contribution in [1.29, 1.82) is 0 Å². The Balaban J connectivity index is 1.64. The van der Waals surface area contributed by atoms with E-state index >= 15 is 0 Å². The van der Waals surface area contributed by atoms with E-state index in [0.717, 1.165) is 6.07 Å². The van der Waals surface area contributed by atoms with Crippen molar-refractivity contribution >= 4 is 11.8 Å². The van der Waals surface area contributed by atoms with E-state index in [2.05, 4.69) is 0 Å². The number of piperidine rings is 1. The second kappa shape index (κ2) is 7.68. The molecule has 3 rings (SSSR count). The summed E-state index contributed by atoms with van der Waals surface area (Å²) in [6.07, 6.45) is 2.81. The van der Waals surface area contributed by atoms with Crippen LogP contribution in [-0.4, -0.2) is 41.8 Å². The van der Waals surface area contributed by atoms with Crippen molar-refractivity contribution in [2.45, 2.75) is 19.4 Å². The smallest absolute Gasteiger partial charge is 0.289 e. The van der Waals surface area contributed by atoms with Crippen molar-refractivity contribution in [3.8, 4) is 0 Å². The second-order valence-electron chi connectivity index (χ2n) is 6.50. The first-order valence-corrected chi connectivity index (χ1v) is 8.47. The number of carbonyl (C=O) groups excluding carboxylic acids is 2. The Labute approximate surface area is 150 Å². The zero-order valence-corrected chi connectivity index (χ0v) is 14.5. The number of benzene rings is 1. The van der Waals surface area contributed by atoms with Crippen LogP contribution in [0.4, 0.5) is 8.78 Å². The van der Waals surface area contributed by atoms with Gasteiger partial charge in [0.1, 0.15) is 11.6 Å². The normalized spacial score (nSPS) is 17.2. The Morgan fingerprint density at radius 2 is 2.12 bits per heavy atom. The van der Waals surface area contributed by atoms with Gasteiger partial charge in [-0.3, -0.25) is 9.59 Å². The van der Waals surface area contributed by atoms with Crippen LogP contribution >= 0.6 is 0 Å². The molecule has 1 aromatic carbocycles. The topological polar surface area (TPSA) is 53.8 Å². The van der Waals surface area contributed by atoms with Crippen LogP contribution in [0.2, 0.25) is 0 Å². The molecular weight excluding hydrogens is 342 g/mol. The molecule has 0 aliphatic carbocycles. The zero-order chi connectivity index (χ0) is 18.7. The highest BCUT2D eigenvalue weighted by Crippen LogP contribution is 2.22. The van der Waals surface area contributed by atoms with Crippen molar-refractivity contribution in [2.75, 3.05) is 20.1 Å². The maximum atomic E-state index is 13.8. The monoisotopic (exact) mass is 362 g/mol. The molecule has 138 valence electrons. The van der Waals surface area contributed by atoms with Gasteiger partial charge in [0.2, 0.25) is 5.91 Å². The molecule has 0 bridgehead atoms. The van der Waals surface area contributed by atoms with E-state index in [1.807, 2.05) is 0 Å². The maximum Gasteiger partial charge on any atom is 0.289 e. The second-order valence-corrected chi connectivity index (χ2v) is 6.50. The minimum atomic E-state index is -0.678. The number of hydrogen-bond donors (Lipinski definition) is 0. The number of hydrogen-bond acceptors (Lipinski definition) is 3. The van der Waals surface area contributed by atoms with Crippen molar-refractivity contribution in [3.05, 3.63) is 59.6 Å². The molecule has 5 nitrogen and oxygen atoms in total. The summed E-state index contributed by atoms with van der Waals surface area (Å²) in [6.45, 7) is 0.918. The highest BCUT2D eigenvalue weighted by atomic mass is 19.1.